The van der Waals surface area contributed by atoms with Crippen LogP contribution in [0.1, 0.15) is 12.0 Å². The molecule has 88 valence electrons. The Balaban J connectivity index is 1.87. The maximum Gasteiger partial charge on any atom is 0.0456 e. The van der Waals surface area contributed by atoms with E-state index in [1.54, 1.807) is 5.57 Å². The van der Waals surface area contributed by atoms with Crippen LogP contribution >= 0.6 is 0 Å². The fourth-order valence-corrected chi connectivity index (χ4v) is 2.63. The minimum atomic E-state index is 1.08. The highest BCUT2D eigenvalue weighted by Crippen LogP contribution is 2.22. The van der Waals surface area contributed by atoms with Crippen molar-refractivity contribution in [2.24, 2.45) is 0 Å². The van der Waals surface area contributed by atoms with Gasteiger partial charge >= 0.3 is 0 Å². The van der Waals surface area contributed by atoms with E-state index >= 15 is 0 Å². The molecule has 0 bridgehead atoms. The number of aromatic nitrogens is 1. The van der Waals surface area contributed by atoms with E-state index in [-0.39, 0.29) is 0 Å². The molecule has 1 aliphatic heterocycles. The first-order chi connectivity index (χ1) is 8.33. The van der Waals surface area contributed by atoms with Crippen molar-refractivity contribution in [3.05, 3.63) is 47.7 Å². The summed E-state index contributed by atoms with van der Waals surface area (Å²) < 4.78 is 0. The number of benzene rings is 1. The summed E-state index contributed by atoms with van der Waals surface area (Å²) in [6.07, 6.45) is 6.82. The Morgan fingerprint density at radius 2 is 2.18 bits per heavy atom. The lowest BCUT2D eigenvalue weighted by molar-refractivity contribution is 0.352. The molecule has 0 saturated heterocycles. The van der Waals surface area contributed by atoms with Crippen molar-refractivity contribution in [2.75, 3.05) is 20.1 Å². The van der Waals surface area contributed by atoms with Gasteiger partial charge in [-0.1, -0.05) is 29.8 Å². The predicted octanol–water partition coefficient (Wildman–Crippen LogP) is 2.97. The van der Waals surface area contributed by atoms with Gasteiger partial charge in [-0.2, -0.15) is 0 Å². The molecule has 2 nitrogen and oxygen atoms in total. The molecule has 2 aromatic rings. The second kappa shape index (κ2) is 4.38. The van der Waals surface area contributed by atoms with E-state index in [0.717, 1.165) is 13.0 Å². The Hall–Kier alpha value is -1.54. The number of H-pyrrole nitrogens is 1. The van der Waals surface area contributed by atoms with Gasteiger partial charge in [-0.25, -0.2) is 0 Å². The number of nitrogens with zero attached hydrogens (tertiary/aromatic N) is 1. The van der Waals surface area contributed by atoms with Gasteiger partial charge in [-0.15, -0.1) is 0 Å². The van der Waals surface area contributed by atoms with Crippen LogP contribution in [-0.4, -0.2) is 30.0 Å². The van der Waals surface area contributed by atoms with Crippen molar-refractivity contribution in [3.63, 3.8) is 0 Å². The molecule has 0 unspecified atom stereocenters. The Morgan fingerprint density at radius 1 is 1.29 bits per heavy atom. The van der Waals surface area contributed by atoms with Gasteiger partial charge in [0.1, 0.15) is 0 Å². The highest BCUT2D eigenvalue weighted by molar-refractivity contribution is 5.83. The number of likely N-dealkylation sites (N-methyl/N-ethyl adjacent to an activating group) is 1. The van der Waals surface area contributed by atoms with Crippen LogP contribution < -0.4 is 0 Å². The smallest absolute Gasteiger partial charge is 0.0456 e. The molecule has 1 aromatic heterocycles. The molecule has 2 heterocycles. The first kappa shape index (κ1) is 10.6. The number of aromatic amines is 1. The molecular formula is C15H18N2. The van der Waals surface area contributed by atoms with E-state index < -0.39 is 0 Å². The summed E-state index contributed by atoms with van der Waals surface area (Å²) in [6, 6.07) is 8.53. The highest BCUT2D eigenvalue weighted by atomic mass is 15.1. The van der Waals surface area contributed by atoms with E-state index in [9.17, 15) is 0 Å². The zero-order chi connectivity index (χ0) is 11.7. The third kappa shape index (κ3) is 2.13. The van der Waals surface area contributed by atoms with Gasteiger partial charge in [0, 0.05) is 30.2 Å². The van der Waals surface area contributed by atoms with Crippen molar-refractivity contribution in [3.8, 4) is 0 Å². The summed E-state index contributed by atoms with van der Waals surface area (Å²) in [5.74, 6) is 0. The van der Waals surface area contributed by atoms with E-state index in [2.05, 4.69) is 53.5 Å². The van der Waals surface area contributed by atoms with Crippen LogP contribution in [0.25, 0.3) is 10.9 Å². The standard InChI is InChI=1S/C15H18N2/c1-17-8-4-5-12(11-17)9-13-10-16-15-7-3-2-6-14(13)15/h2-3,5-7,10,16H,4,8-9,11H2,1H3. The predicted molar refractivity (Wildman–Crippen MR) is 72.2 cm³/mol. The zero-order valence-electron chi connectivity index (χ0n) is 10.2. The van der Waals surface area contributed by atoms with Gasteiger partial charge in [0.05, 0.1) is 0 Å². The first-order valence-corrected chi connectivity index (χ1v) is 6.24. The lowest BCUT2D eigenvalue weighted by Gasteiger charge is -2.22. The van der Waals surface area contributed by atoms with E-state index in [4.69, 9.17) is 0 Å². The van der Waals surface area contributed by atoms with Gasteiger partial charge in [-0.3, -0.25) is 0 Å². The molecular weight excluding hydrogens is 208 g/mol. The molecule has 3 rings (SSSR count). The molecule has 0 atom stereocenters. The number of rotatable bonds is 2. The third-order valence-corrected chi connectivity index (χ3v) is 3.51. The fraction of sp³-hybridized carbons (Fsp3) is 0.333. The van der Waals surface area contributed by atoms with Crippen LogP contribution in [0.3, 0.4) is 0 Å². The monoisotopic (exact) mass is 226 g/mol. The van der Waals surface area contributed by atoms with Crippen molar-refractivity contribution in [1.29, 1.82) is 0 Å². The van der Waals surface area contributed by atoms with Crippen LogP contribution in [0.4, 0.5) is 0 Å². The molecule has 17 heavy (non-hydrogen) atoms. The third-order valence-electron chi connectivity index (χ3n) is 3.51. The topological polar surface area (TPSA) is 19.0 Å². The van der Waals surface area contributed by atoms with Gasteiger partial charge in [-0.05, 0) is 31.5 Å². The zero-order valence-corrected chi connectivity index (χ0v) is 10.2. The summed E-state index contributed by atoms with van der Waals surface area (Å²) in [7, 11) is 2.20. The average molecular weight is 226 g/mol. The molecule has 2 heteroatoms. The Kier molecular flexibility index (Phi) is 2.73. The van der Waals surface area contributed by atoms with Crippen LogP contribution in [0.15, 0.2) is 42.1 Å². The van der Waals surface area contributed by atoms with E-state index in [1.807, 2.05) is 0 Å². The summed E-state index contributed by atoms with van der Waals surface area (Å²) in [5, 5.41) is 1.36. The molecule has 0 spiro atoms. The lowest BCUT2D eigenvalue weighted by atomic mass is 10.0. The molecule has 0 radical (unpaired) electrons. The second-order valence-corrected chi connectivity index (χ2v) is 4.93. The quantitative estimate of drug-likeness (QED) is 0.780. The van der Waals surface area contributed by atoms with Crippen molar-refractivity contribution in [1.82, 2.24) is 9.88 Å². The normalized spacial score (nSPS) is 17.4. The average Bonchev–Trinajstić information content (AvgIpc) is 2.73. The molecule has 0 amide bonds. The number of hydrogen-bond donors (Lipinski definition) is 1. The molecule has 0 aliphatic carbocycles. The number of nitrogens with one attached hydrogen (secondary N) is 1. The van der Waals surface area contributed by atoms with Crippen LogP contribution in [0.5, 0.6) is 0 Å². The van der Waals surface area contributed by atoms with Gasteiger partial charge < -0.3 is 9.88 Å². The molecule has 1 N–H and O–H groups in total. The second-order valence-electron chi connectivity index (χ2n) is 4.93. The maximum atomic E-state index is 3.35. The van der Waals surface area contributed by atoms with Gasteiger partial charge in [0.15, 0.2) is 0 Å². The van der Waals surface area contributed by atoms with E-state index in [0.29, 0.717) is 0 Å². The Bertz CT molecular complexity index is 551. The van der Waals surface area contributed by atoms with E-state index in [1.165, 1.54) is 29.4 Å². The number of para-hydroxylation sites is 1. The SMILES string of the molecule is CN1CCC=C(Cc2c[nH]c3ccccc23)C1. The molecule has 1 aliphatic rings. The summed E-state index contributed by atoms with van der Waals surface area (Å²) in [6.45, 7) is 2.30. The fourth-order valence-electron chi connectivity index (χ4n) is 2.63. The number of hydrogen-bond acceptors (Lipinski definition) is 1. The largest absolute Gasteiger partial charge is 0.361 e. The van der Waals surface area contributed by atoms with Gasteiger partial charge in [0.2, 0.25) is 0 Å². The first-order valence-electron chi connectivity index (χ1n) is 6.24. The molecule has 0 fully saturated rings. The lowest BCUT2D eigenvalue weighted by Crippen LogP contribution is -2.26. The number of fused-ring (bicyclic) bond motifs is 1. The van der Waals surface area contributed by atoms with Crippen LogP contribution in [0.2, 0.25) is 0 Å². The van der Waals surface area contributed by atoms with Crippen LogP contribution in [-0.2, 0) is 6.42 Å². The maximum absolute atomic E-state index is 3.35. The summed E-state index contributed by atoms with van der Waals surface area (Å²) >= 11 is 0. The van der Waals surface area contributed by atoms with Crippen molar-refractivity contribution < 1.29 is 0 Å². The molecule has 1 aromatic carbocycles. The summed E-state index contributed by atoms with van der Waals surface area (Å²) in [4.78, 5) is 5.74. The van der Waals surface area contributed by atoms with Crippen molar-refractivity contribution in [2.45, 2.75) is 12.8 Å². The molecule has 0 saturated carbocycles. The highest BCUT2D eigenvalue weighted by Gasteiger charge is 2.11. The minimum absolute atomic E-state index is 1.08. The van der Waals surface area contributed by atoms with Crippen molar-refractivity contribution >= 4 is 10.9 Å². The summed E-state index contributed by atoms with van der Waals surface area (Å²) in [5.41, 5.74) is 4.21. The Morgan fingerprint density at radius 3 is 3.06 bits per heavy atom. The Labute approximate surface area is 102 Å². The minimum Gasteiger partial charge on any atom is -0.361 e. The van der Waals surface area contributed by atoms with Crippen LogP contribution in [0, 0.1) is 0 Å². The van der Waals surface area contributed by atoms with Gasteiger partial charge in [0.25, 0.3) is 0 Å².